The zero-order chi connectivity index (χ0) is 23.1. The summed E-state index contributed by atoms with van der Waals surface area (Å²) in [7, 11) is 1.29. The highest BCUT2D eigenvalue weighted by Gasteiger charge is 2.15. The van der Waals surface area contributed by atoms with Gasteiger partial charge in [0.15, 0.2) is 6.61 Å². The van der Waals surface area contributed by atoms with Crippen LogP contribution in [0.1, 0.15) is 47.1 Å². The number of carbonyl (C=O) groups excluding carboxylic acids is 2. The molecular formula is C23H25N3O5S. The number of rotatable bonds is 9. The predicted molar refractivity (Wildman–Crippen MR) is 121 cm³/mol. The first-order valence-electron chi connectivity index (χ1n) is 10.0. The van der Waals surface area contributed by atoms with Crippen molar-refractivity contribution < 1.29 is 23.5 Å². The topological polar surface area (TPSA) is 104 Å². The van der Waals surface area contributed by atoms with Crippen LogP contribution in [0.2, 0.25) is 0 Å². The third-order valence-corrected chi connectivity index (χ3v) is 5.34. The summed E-state index contributed by atoms with van der Waals surface area (Å²) in [5.41, 5.74) is 2.87. The van der Waals surface area contributed by atoms with Crippen LogP contribution in [0.25, 0.3) is 0 Å². The van der Waals surface area contributed by atoms with E-state index in [2.05, 4.69) is 41.5 Å². The molecule has 3 aromatic rings. The molecule has 0 radical (unpaired) electrons. The van der Waals surface area contributed by atoms with Gasteiger partial charge in [-0.15, -0.1) is 10.2 Å². The third-order valence-electron chi connectivity index (χ3n) is 4.52. The van der Waals surface area contributed by atoms with Crippen LogP contribution in [-0.4, -0.2) is 34.9 Å². The maximum Gasteiger partial charge on any atom is 0.339 e. The number of esters is 1. The molecule has 0 unspecified atom stereocenters. The third kappa shape index (κ3) is 6.10. The minimum Gasteiger partial charge on any atom is -0.484 e. The maximum atomic E-state index is 12.3. The normalized spacial score (nSPS) is 10.8. The molecule has 3 rings (SSSR count). The SMILES string of the molecule is COC(=O)c1ccccc1NC(=O)CSc1nnc(COc2cc(C)ccc2C(C)C)o1. The molecule has 0 bridgehead atoms. The molecule has 9 heteroatoms. The smallest absolute Gasteiger partial charge is 0.339 e. The average molecular weight is 456 g/mol. The van der Waals surface area contributed by atoms with Crippen molar-refractivity contribution in [2.45, 2.75) is 38.5 Å². The number of para-hydroxylation sites is 1. The van der Waals surface area contributed by atoms with Crippen molar-refractivity contribution in [1.29, 1.82) is 0 Å². The molecule has 0 aliphatic rings. The van der Waals surface area contributed by atoms with Crippen LogP contribution >= 0.6 is 11.8 Å². The van der Waals surface area contributed by atoms with Gasteiger partial charge in [-0.05, 0) is 42.2 Å². The molecule has 0 saturated carbocycles. The van der Waals surface area contributed by atoms with Gasteiger partial charge in [-0.1, -0.05) is 49.9 Å². The van der Waals surface area contributed by atoms with E-state index >= 15 is 0 Å². The minimum atomic E-state index is -0.524. The van der Waals surface area contributed by atoms with Crippen LogP contribution in [0.5, 0.6) is 5.75 Å². The largest absolute Gasteiger partial charge is 0.484 e. The van der Waals surface area contributed by atoms with Gasteiger partial charge in [0.05, 0.1) is 24.1 Å². The molecular weight excluding hydrogens is 430 g/mol. The molecule has 1 N–H and O–H groups in total. The highest BCUT2D eigenvalue weighted by Crippen LogP contribution is 2.28. The number of benzene rings is 2. The fourth-order valence-corrected chi connectivity index (χ4v) is 3.51. The van der Waals surface area contributed by atoms with E-state index in [1.165, 1.54) is 7.11 Å². The number of hydrogen-bond donors (Lipinski definition) is 1. The van der Waals surface area contributed by atoms with Crippen molar-refractivity contribution in [3.63, 3.8) is 0 Å². The minimum absolute atomic E-state index is 0.0351. The van der Waals surface area contributed by atoms with E-state index in [1.807, 2.05) is 13.0 Å². The Kier molecular flexibility index (Phi) is 7.88. The van der Waals surface area contributed by atoms with Crippen LogP contribution in [0, 0.1) is 6.92 Å². The van der Waals surface area contributed by atoms with Crippen molar-refractivity contribution in [3.05, 3.63) is 65.0 Å². The summed E-state index contributed by atoms with van der Waals surface area (Å²) >= 11 is 1.10. The molecule has 2 aromatic carbocycles. The van der Waals surface area contributed by atoms with Crippen LogP contribution < -0.4 is 10.1 Å². The molecule has 0 atom stereocenters. The van der Waals surface area contributed by atoms with Crippen LogP contribution in [0.4, 0.5) is 5.69 Å². The molecule has 1 amide bonds. The molecule has 1 heterocycles. The van der Waals surface area contributed by atoms with Crippen LogP contribution in [0.15, 0.2) is 52.1 Å². The van der Waals surface area contributed by atoms with Gasteiger partial charge in [0.2, 0.25) is 5.91 Å². The second kappa shape index (κ2) is 10.8. The second-order valence-electron chi connectivity index (χ2n) is 7.32. The molecule has 0 fully saturated rings. The fourth-order valence-electron chi connectivity index (χ4n) is 2.93. The van der Waals surface area contributed by atoms with Gasteiger partial charge in [-0.3, -0.25) is 4.79 Å². The van der Waals surface area contributed by atoms with E-state index in [-0.39, 0.29) is 29.1 Å². The van der Waals surface area contributed by atoms with Gasteiger partial charge in [0.25, 0.3) is 11.1 Å². The molecule has 32 heavy (non-hydrogen) atoms. The van der Waals surface area contributed by atoms with Crippen molar-refractivity contribution in [1.82, 2.24) is 10.2 Å². The molecule has 0 saturated heterocycles. The summed E-state index contributed by atoms with van der Waals surface area (Å²) < 4.78 is 16.2. The van der Waals surface area contributed by atoms with Crippen LogP contribution in [0.3, 0.4) is 0 Å². The summed E-state index contributed by atoms with van der Waals surface area (Å²) in [5, 5.41) is 10.9. The lowest BCUT2D eigenvalue weighted by molar-refractivity contribution is -0.113. The van der Waals surface area contributed by atoms with Crippen molar-refractivity contribution >= 4 is 29.3 Å². The Morgan fingerprint density at radius 1 is 1.16 bits per heavy atom. The molecule has 1 aromatic heterocycles. The number of ether oxygens (including phenoxy) is 2. The predicted octanol–water partition coefficient (Wildman–Crippen LogP) is 4.60. The van der Waals surface area contributed by atoms with Crippen molar-refractivity contribution in [2.75, 3.05) is 18.2 Å². The first-order chi connectivity index (χ1) is 15.4. The van der Waals surface area contributed by atoms with Gasteiger partial charge < -0.3 is 19.2 Å². The number of methoxy groups -OCH3 is 1. The number of nitrogens with one attached hydrogen (secondary N) is 1. The summed E-state index contributed by atoms with van der Waals surface area (Å²) in [6.45, 7) is 6.35. The Hall–Kier alpha value is -3.33. The number of hydrogen-bond acceptors (Lipinski definition) is 8. The number of carbonyl (C=O) groups is 2. The van der Waals surface area contributed by atoms with E-state index < -0.39 is 5.97 Å². The number of nitrogens with zero attached hydrogens (tertiary/aromatic N) is 2. The quantitative estimate of drug-likeness (QED) is 0.369. The number of aromatic nitrogens is 2. The number of anilines is 1. The van der Waals surface area contributed by atoms with E-state index in [4.69, 9.17) is 13.9 Å². The highest BCUT2D eigenvalue weighted by molar-refractivity contribution is 7.99. The summed E-state index contributed by atoms with van der Waals surface area (Å²) in [5.74, 6) is 0.624. The van der Waals surface area contributed by atoms with Gasteiger partial charge in [-0.25, -0.2) is 4.79 Å². The molecule has 0 aliphatic carbocycles. The zero-order valence-corrected chi connectivity index (χ0v) is 19.2. The summed E-state index contributed by atoms with van der Waals surface area (Å²) in [6, 6.07) is 12.7. The Balaban J connectivity index is 1.55. The first kappa shape index (κ1) is 23.3. The summed E-state index contributed by atoms with van der Waals surface area (Å²) in [4.78, 5) is 24.1. The maximum absolute atomic E-state index is 12.3. The monoisotopic (exact) mass is 455 g/mol. The fraction of sp³-hybridized carbons (Fsp3) is 0.304. The average Bonchev–Trinajstić information content (AvgIpc) is 3.24. The Bertz CT molecular complexity index is 1100. The van der Waals surface area contributed by atoms with E-state index in [1.54, 1.807) is 24.3 Å². The number of amides is 1. The lowest BCUT2D eigenvalue weighted by Crippen LogP contribution is -2.17. The number of thioether (sulfide) groups is 1. The van der Waals surface area contributed by atoms with Gasteiger partial charge >= 0.3 is 5.97 Å². The molecule has 8 nitrogen and oxygen atoms in total. The first-order valence-corrected chi connectivity index (χ1v) is 11.0. The highest BCUT2D eigenvalue weighted by atomic mass is 32.2. The van der Waals surface area contributed by atoms with Crippen LogP contribution in [-0.2, 0) is 16.1 Å². The molecule has 168 valence electrons. The zero-order valence-electron chi connectivity index (χ0n) is 18.4. The lowest BCUT2D eigenvalue weighted by Gasteiger charge is -2.13. The summed E-state index contributed by atoms with van der Waals surface area (Å²) in [6.07, 6.45) is 0. The van der Waals surface area contributed by atoms with Gasteiger partial charge in [0, 0.05) is 0 Å². The second-order valence-corrected chi connectivity index (χ2v) is 8.25. The van der Waals surface area contributed by atoms with E-state index in [9.17, 15) is 9.59 Å². The molecule has 0 aliphatic heterocycles. The number of aryl methyl sites for hydroxylation is 1. The molecule has 0 spiro atoms. The Morgan fingerprint density at radius 3 is 2.69 bits per heavy atom. The van der Waals surface area contributed by atoms with E-state index in [0.29, 0.717) is 17.5 Å². The lowest BCUT2D eigenvalue weighted by atomic mass is 10.0. The van der Waals surface area contributed by atoms with Crippen molar-refractivity contribution in [2.24, 2.45) is 0 Å². The van der Waals surface area contributed by atoms with Crippen molar-refractivity contribution in [3.8, 4) is 5.75 Å². The van der Waals surface area contributed by atoms with Gasteiger partial charge in [-0.2, -0.15) is 0 Å². The Labute approximate surface area is 190 Å². The van der Waals surface area contributed by atoms with Gasteiger partial charge in [0.1, 0.15) is 5.75 Å². The standard InChI is InChI=1S/C23H25N3O5S/c1-14(2)16-10-9-15(3)11-19(16)30-12-21-25-26-23(31-21)32-13-20(27)24-18-8-6-5-7-17(18)22(28)29-4/h5-11,14H,12-13H2,1-4H3,(H,24,27). The Morgan fingerprint density at radius 2 is 1.94 bits per heavy atom. The van der Waals surface area contributed by atoms with E-state index in [0.717, 1.165) is 28.6 Å².